The third kappa shape index (κ3) is 15.5. The van der Waals surface area contributed by atoms with Crippen molar-refractivity contribution in [2.75, 3.05) is 15.5 Å². The summed E-state index contributed by atoms with van der Waals surface area (Å²) in [6.45, 7) is 13.0. The summed E-state index contributed by atoms with van der Waals surface area (Å²) in [5, 5.41) is 23.0. The molecule has 6 N–H and O–H groups in total. The molecule has 0 aliphatic carbocycles. The molecule has 1 heterocycles. The Kier molecular flexibility index (Phi) is 18.4. The van der Waals surface area contributed by atoms with E-state index in [0.29, 0.717) is 29.2 Å². The van der Waals surface area contributed by atoms with Gasteiger partial charge in [0.25, 0.3) is 0 Å². The number of aldehydes is 1. The van der Waals surface area contributed by atoms with Gasteiger partial charge in [-0.3, -0.25) is 34.1 Å². The molecule has 0 radical (unpaired) electrons. The molecule has 3 atom stereocenters. The maximum atomic E-state index is 13.7. The molecule has 0 aromatic heterocycles. The van der Waals surface area contributed by atoms with Gasteiger partial charge in [0.2, 0.25) is 29.5 Å². The van der Waals surface area contributed by atoms with Crippen LogP contribution in [-0.2, 0) is 56.9 Å². The van der Waals surface area contributed by atoms with Gasteiger partial charge in [0.15, 0.2) is 0 Å². The normalized spacial score (nSPS) is 13.9. The predicted molar refractivity (Wildman–Crippen MR) is 268 cm³/mol. The molecule has 5 rings (SSSR count). The number of hydrogen-bond acceptors (Lipinski definition) is 9. The van der Waals surface area contributed by atoms with Crippen molar-refractivity contribution < 1.29 is 48.2 Å². The highest BCUT2D eigenvalue weighted by Crippen LogP contribution is 2.31. The Balaban J connectivity index is 1.13. The summed E-state index contributed by atoms with van der Waals surface area (Å²) in [5.74, 6) is -4.11. The molecule has 0 saturated carbocycles. The van der Waals surface area contributed by atoms with Crippen molar-refractivity contribution in [1.82, 2.24) is 16.0 Å². The number of anilines is 3. The molecule has 1 aliphatic rings. The molecule has 0 spiro atoms. The quantitative estimate of drug-likeness (QED) is 0.0472. The number of para-hydroxylation sites is 1. The number of ether oxygens (including phenoxy) is 1. The number of aliphatic carboxylic acids is 1. The largest absolute Gasteiger partial charge is 0.481 e. The van der Waals surface area contributed by atoms with Crippen LogP contribution in [0.4, 0.5) is 21.9 Å². The van der Waals surface area contributed by atoms with Crippen molar-refractivity contribution in [2.45, 2.75) is 117 Å². The second kappa shape index (κ2) is 24.1. The third-order valence-electron chi connectivity index (χ3n) is 11.9. The van der Waals surface area contributed by atoms with Crippen LogP contribution < -0.4 is 31.5 Å². The molecule has 370 valence electrons. The maximum Gasteiger partial charge on any atom is 0.411 e. The Morgan fingerprint density at radius 1 is 0.714 bits per heavy atom. The van der Waals surface area contributed by atoms with E-state index in [1.807, 2.05) is 101 Å². The van der Waals surface area contributed by atoms with Crippen LogP contribution in [0.2, 0.25) is 0 Å². The van der Waals surface area contributed by atoms with E-state index in [2.05, 4.69) is 26.6 Å². The summed E-state index contributed by atoms with van der Waals surface area (Å²) in [5.41, 5.74) is 4.55. The Bertz CT molecular complexity index is 2580. The number of rotatable bonds is 20. The summed E-state index contributed by atoms with van der Waals surface area (Å²) in [6.07, 6.45) is 3.04. The molecule has 0 fully saturated rings. The molecule has 16 heteroatoms. The van der Waals surface area contributed by atoms with E-state index in [-0.39, 0.29) is 44.1 Å². The molecule has 0 saturated heterocycles. The smallest absolute Gasteiger partial charge is 0.411 e. The van der Waals surface area contributed by atoms with Crippen molar-refractivity contribution in [3.63, 3.8) is 0 Å². The monoisotopic (exact) mass is 956 g/mol. The van der Waals surface area contributed by atoms with Gasteiger partial charge >= 0.3 is 12.1 Å². The summed E-state index contributed by atoms with van der Waals surface area (Å²) in [7, 11) is 0. The Labute approximate surface area is 409 Å². The maximum absolute atomic E-state index is 13.7. The molecule has 0 unspecified atom stereocenters. The van der Waals surface area contributed by atoms with Crippen molar-refractivity contribution in [3.8, 4) is 0 Å². The molecule has 4 aromatic rings. The first kappa shape index (κ1) is 53.3. The molecule has 16 nitrogen and oxygen atoms in total. The first-order valence-electron chi connectivity index (χ1n) is 23.3. The van der Waals surface area contributed by atoms with Crippen LogP contribution >= 0.6 is 0 Å². The molecule has 70 heavy (non-hydrogen) atoms. The standard InChI is InChI=1S/C54H64N6O10/c1-34(2)49(59-45(62)26-27-47(64)60-31-38-15-9-8-13-36(38)21-22-37-14-10-11-18-43(37)60)51(68)57-42(25-28-48(65)66)50(67)55-40-23-19-35(20-24-40)33-70-52(69)56-41-17-12-16-39(29-41)54(6,7)30-46(63)58-44(32-61)53(3,4)5/h8-24,29,32,34,42,44,49H,25-28,30-31,33H2,1-7H3,(H,55,67)(H,56,69)(H,57,68)(H,58,63)(H,59,62)(H,65,66)/b22-21-/t42-,44+,49-/m0/s1. The highest BCUT2D eigenvalue weighted by atomic mass is 16.5. The van der Waals surface area contributed by atoms with Crippen LogP contribution in [0.15, 0.2) is 97.1 Å². The third-order valence-corrected chi connectivity index (χ3v) is 11.9. The highest BCUT2D eigenvalue weighted by Gasteiger charge is 2.32. The van der Waals surface area contributed by atoms with Crippen LogP contribution in [0, 0.1) is 11.3 Å². The van der Waals surface area contributed by atoms with Gasteiger partial charge in [0.05, 0.1) is 18.3 Å². The van der Waals surface area contributed by atoms with E-state index in [1.165, 1.54) is 0 Å². The number of benzene rings is 4. The van der Waals surface area contributed by atoms with Crippen LogP contribution in [0.1, 0.15) is 108 Å². The number of carbonyl (C=O) groups is 8. The number of carboxylic acid groups (broad SMARTS) is 1. The number of amides is 6. The Morgan fingerprint density at radius 3 is 2.06 bits per heavy atom. The molecule has 1 aliphatic heterocycles. The highest BCUT2D eigenvalue weighted by molar-refractivity contribution is 6.00. The summed E-state index contributed by atoms with van der Waals surface area (Å²) in [6, 6.07) is 25.6. The van der Waals surface area contributed by atoms with Crippen molar-refractivity contribution in [2.24, 2.45) is 11.3 Å². The van der Waals surface area contributed by atoms with Gasteiger partial charge in [-0.05, 0) is 81.3 Å². The molecule has 6 amide bonds. The molecular weight excluding hydrogens is 893 g/mol. The fourth-order valence-electron chi connectivity index (χ4n) is 7.72. The summed E-state index contributed by atoms with van der Waals surface area (Å²) >= 11 is 0. The van der Waals surface area contributed by atoms with Crippen molar-refractivity contribution in [1.29, 1.82) is 0 Å². The van der Waals surface area contributed by atoms with E-state index in [4.69, 9.17) is 4.74 Å². The first-order chi connectivity index (χ1) is 33.1. The van der Waals surface area contributed by atoms with E-state index < -0.39 is 71.1 Å². The van der Waals surface area contributed by atoms with E-state index >= 15 is 0 Å². The van der Waals surface area contributed by atoms with Crippen molar-refractivity contribution in [3.05, 3.63) is 125 Å². The van der Waals surface area contributed by atoms with Crippen molar-refractivity contribution >= 4 is 77.1 Å². The topological polar surface area (TPSA) is 229 Å². The minimum Gasteiger partial charge on any atom is -0.481 e. The van der Waals surface area contributed by atoms with E-state index in [1.54, 1.807) is 61.2 Å². The average Bonchev–Trinajstić information content (AvgIpc) is 3.30. The lowest BCUT2D eigenvalue weighted by Gasteiger charge is -2.30. The number of carboxylic acids is 1. The van der Waals surface area contributed by atoms with E-state index in [9.17, 15) is 43.5 Å². The summed E-state index contributed by atoms with van der Waals surface area (Å²) in [4.78, 5) is 105. The zero-order chi connectivity index (χ0) is 51.2. The molecular formula is C54H64N6O10. The van der Waals surface area contributed by atoms with E-state index in [0.717, 1.165) is 28.5 Å². The first-order valence-corrected chi connectivity index (χ1v) is 23.3. The van der Waals surface area contributed by atoms with Gasteiger partial charge in [-0.2, -0.15) is 0 Å². The molecule has 0 bridgehead atoms. The number of fused-ring (bicyclic) bond motifs is 2. The van der Waals surface area contributed by atoms with Gasteiger partial charge < -0.3 is 40.8 Å². The van der Waals surface area contributed by atoms with Crippen LogP contribution in [0.3, 0.4) is 0 Å². The SMILES string of the molecule is CC(C)[C@H](NC(=O)CCC(=O)N1Cc2ccccc2/C=C\c2ccccc21)C(=O)N[C@@H](CCC(=O)O)C(=O)Nc1ccc(COC(=O)Nc2cccc(C(C)(C)CC(=O)N[C@H](C=O)C(C)(C)C)c2)cc1. The predicted octanol–water partition coefficient (Wildman–Crippen LogP) is 7.76. The minimum absolute atomic E-state index is 0.102. The lowest BCUT2D eigenvalue weighted by Crippen LogP contribution is -2.54. The summed E-state index contributed by atoms with van der Waals surface area (Å²) < 4.78 is 5.44. The minimum atomic E-state index is -1.29. The fourth-order valence-corrected chi connectivity index (χ4v) is 7.72. The van der Waals surface area contributed by atoms with Crippen LogP contribution in [0.25, 0.3) is 12.2 Å². The number of nitrogens with one attached hydrogen (secondary N) is 5. The Hall–Kier alpha value is -7.62. The van der Waals surface area contributed by atoms with Gasteiger partial charge in [-0.25, -0.2) is 4.79 Å². The zero-order valence-electron chi connectivity index (χ0n) is 40.8. The second-order valence-electron chi connectivity index (χ2n) is 19.4. The lowest BCUT2D eigenvalue weighted by atomic mass is 9.80. The van der Waals surface area contributed by atoms with Gasteiger partial charge in [0, 0.05) is 37.1 Å². The molecule has 4 aromatic carbocycles. The lowest BCUT2D eigenvalue weighted by molar-refractivity contribution is -0.138. The van der Waals surface area contributed by atoms with Gasteiger partial charge in [-0.1, -0.05) is 127 Å². The van der Waals surface area contributed by atoms with Gasteiger partial charge in [0.1, 0.15) is 25.0 Å². The number of carbonyl (C=O) groups excluding carboxylic acids is 7. The fraction of sp³-hybridized carbons (Fsp3) is 0.370. The zero-order valence-corrected chi connectivity index (χ0v) is 40.8. The number of hydrogen-bond donors (Lipinski definition) is 6. The second-order valence-corrected chi connectivity index (χ2v) is 19.4. The number of nitrogens with zero attached hydrogens (tertiary/aromatic N) is 1. The Morgan fingerprint density at radius 2 is 1.39 bits per heavy atom. The average molecular weight is 957 g/mol. The van der Waals surface area contributed by atoms with Crippen LogP contribution in [-0.4, -0.2) is 71.1 Å². The van der Waals surface area contributed by atoms with Crippen LogP contribution in [0.5, 0.6) is 0 Å². The van der Waals surface area contributed by atoms with Gasteiger partial charge in [-0.15, -0.1) is 0 Å².